The average molecular weight is 168 g/mol. The topological polar surface area (TPSA) is 20.2 Å². The minimum atomic E-state index is -0.521. The fourth-order valence-electron chi connectivity index (χ4n) is 2.04. The van der Waals surface area contributed by atoms with Crippen LogP contribution >= 0.6 is 0 Å². The highest BCUT2D eigenvalue weighted by Gasteiger charge is 2.35. The quantitative estimate of drug-likeness (QED) is 0.597. The summed E-state index contributed by atoms with van der Waals surface area (Å²) in [6, 6.07) is 0. The third-order valence-electron chi connectivity index (χ3n) is 3.15. The first-order valence-corrected chi connectivity index (χ1v) is 4.88. The Morgan fingerprint density at radius 1 is 1.58 bits per heavy atom. The van der Waals surface area contributed by atoms with Gasteiger partial charge in [0.05, 0.1) is 5.60 Å². The smallest absolute Gasteiger partial charge is 0.0877 e. The van der Waals surface area contributed by atoms with E-state index in [0.717, 1.165) is 18.4 Å². The molecule has 70 valence electrons. The van der Waals surface area contributed by atoms with Crippen molar-refractivity contribution >= 4 is 0 Å². The molecule has 2 atom stereocenters. The van der Waals surface area contributed by atoms with E-state index in [1.165, 1.54) is 0 Å². The molecule has 0 saturated heterocycles. The van der Waals surface area contributed by atoms with E-state index < -0.39 is 5.60 Å². The third-order valence-corrected chi connectivity index (χ3v) is 3.15. The summed E-state index contributed by atoms with van der Waals surface area (Å²) >= 11 is 0. The fraction of sp³-hybridized carbons (Fsp3) is 0.818. The lowest BCUT2D eigenvalue weighted by molar-refractivity contribution is 0.0124. The Labute approximate surface area is 75.5 Å². The van der Waals surface area contributed by atoms with Crippen LogP contribution in [0.15, 0.2) is 11.6 Å². The summed E-state index contributed by atoms with van der Waals surface area (Å²) in [7, 11) is 0. The van der Waals surface area contributed by atoms with E-state index >= 15 is 0 Å². The van der Waals surface area contributed by atoms with E-state index in [1.807, 2.05) is 0 Å². The van der Waals surface area contributed by atoms with Gasteiger partial charge >= 0.3 is 0 Å². The Hall–Kier alpha value is -0.300. The van der Waals surface area contributed by atoms with Crippen molar-refractivity contribution in [3.8, 4) is 0 Å². The number of hydrogen-bond acceptors (Lipinski definition) is 1. The van der Waals surface area contributed by atoms with Gasteiger partial charge in [-0.15, -0.1) is 0 Å². The van der Waals surface area contributed by atoms with Crippen molar-refractivity contribution in [2.75, 3.05) is 0 Å². The molecule has 1 aliphatic rings. The monoisotopic (exact) mass is 168 g/mol. The zero-order valence-electron chi connectivity index (χ0n) is 8.59. The molecule has 0 saturated carbocycles. The zero-order chi connectivity index (χ0) is 9.35. The van der Waals surface area contributed by atoms with E-state index in [0.29, 0.717) is 11.8 Å². The molecule has 1 aliphatic carbocycles. The van der Waals surface area contributed by atoms with Crippen LogP contribution < -0.4 is 0 Å². The number of rotatable bonds is 1. The Balaban J connectivity index is 2.87. The molecule has 0 amide bonds. The predicted molar refractivity (Wildman–Crippen MR) is 51.9 cm³/mol. The van der Waals surface area contributed by atoms with Crippen molar-refractivity contribution in [1.29, 1.82) is 0 Å². The van der Waals surface area contributed by atoms with Gasteiger partial charge in [0, 0.05) is 0 Å². The molecule has 1 rings (SSSR count). The van der Waals surface area contributed by atoms with E-state index in [-0.39, 0.29) is 0 Å². The molecular formula is C11H20O. The first-order valence-electron chi connectivity index (χ1n) is 4.88. The van der Waals surface area contributed by atoms with Crippen LogP contribution in [0.5, 0.6) is 0 Å². The maximum absolute atomic E-state index is 10.3. The fourth-order valence-corrected chi connectivity index (χ4v) is 2.04. The summed E-state index contributed by atoms with van der Waals surface area (Å²) < 4.78 is 0. The first-order chi connectivity index (χ1) is 5.47. The Bertz CT molecular complexity index is 193. The van der Waals surface area contributed by atoms with Crippen LogP contribution in [0, 0.1) is 11.8 Å². The summed E-state index contributed by atoms with van der Waals surface area (Å²) in [4.78, 5) is 0. The van der Waals surface area contributed by atoms with Crippen molar-refractivity contribution in [1.82, 2.24) is 0 Å². The van der Waals surface area contributed by atoms with Crippen molar-refractivity contribution < 1.29 is 5.11 Å². The van der Waals surface area contributed by atoms with Gasteiger partial charge in [0.1, 0.15) is 0 Å². The van der Waals surface area contributed by atoms with E-state index in [4.69, 9.17) is 0 Å². The molecule has 0 aromatic rings. The Kier molecular flexibility index (Phi) is 2.62. The summed E-state index contributed by atoms with van der Waals surface area (Å²) in [6.07, 6.45) is 4.25. The second-order valence-electron chi connectivity index (χ2n) is 4.44. The highest BCUT2D eigenvalue weighted by atomic mass is 16.3. The molecule has 0 unspecified atom stereocenters. The largest absolute Gasteiger partial charge is 0.385 e. The van der Waals surface area contributed by atoms with E-state index in [1.54, 1.807) is 0 Å². The van der Waals surface area contributed by atoms with Crippen LogP contribution in [0.3, 0.4) is 0 Å². The van der Waals surface area contributed by atoms with Gasteiger partial charge in [-0.1, -0.05) is 26.8 Å². The Morgan fingerprint density at radius 2 is 2.17 bits per heavy atom. The number of hydrogen-bond donors (Lipinski definition) is 1. The van der Waals surface area contributed by atoms with Gasteiger partial charge in [-0.25, -0.2) is 0 Å². The Morgan fingerprint density at radius 3 is 2.58 bits per heavy atom. The second-order valence-corrected chi connectivity index (χ2v) is 4.44. The summed E-state index contributed by atoms with van der Waals surface area (Å²) in [5.74, 6) is 0.977. The third kappa shape index (κ3) is 1.56. The second kappa shape index (κ2) is 3.21. The number of allylic oxidation sites excluding steroid dienone is 1. The highest BCUT2D eigenvalue weighted by Crippen LogP contribution is 2.36. The van der Waals surface area contributed by atoms with Crippen molar-refractivity contribution in [3.63, 3.8) is 0 Å². The van der Waals surface area contributed by atoms with Gasteiger partial charge in [0.2, 0.25) is 0 Å². The summed E-state index contributed by atoms with van der Waals surface area (Å²) in [6.45, 7) is 8.44. The summed E-state index contributed by atoms with van der Waals surface area (Å²) in [5.41, 5.74) is 0.642. The van der Waals surface area contributed by atoms with Gasteiger partial charge in [0.25, 0.3) is 0 Å². The lowest BCUT2D eigenvalue weighted by Crippen LogP contribution is -2.39. The van der Waals surface area contributed by atoms with Crippen LogP contribution in [-0.4, -0.2) is 10.7 Å². The molecule has 1 N–H and O–H groups in total. The van der Waals surface area contributed by atoms with Gasteiger partial charge in [-0.05, 0) is 37.2 Å². The molecular weight excluding hydrogens is 148 g/mol. The van der Waals surface area contributed by atoms with Crippen LogP contribution in [0.25, 0.3) is 0 Å². The molecule has 0 aromatic heterocycles. The molecule has 0 fully saturated rings. The van der Waals surface area contributed by atoms with Gasteiger partial charge in [-0.3, -0.25) is 0 Å². The molecule has 0 radical (unpaired) electrons. The SMILES string of the molecule is CC1=C[C@H](C)CC[C@@]1(O)C(C)C. The molecule has 0 bridgehead atoms. The molecule has 1 heteroatoms. The van der Waals surface area contributed by atoms with Gasteiger partial charge in [-0.2, -0.15) is 0 Å². The molecule has 0 aromatic carbocycles. The molecule has 12 heavy (non-hydrogen) atoms. The average Bonchev–Trinajstić information content (AvgIpc) is 1.97. The minimum Gasteiger partial charge on any atom is -0.385 e. The molecule has 1 nitrogen and oxygen atoms in total. The van der Waals surface area contributed by atoms with E-state index in [9.17, 15) is 5.11 Å². The summed E-state index contributed by atoms with van der Waals surface area (Å²) in [5, 5.41) is 10.3. The van der Waals surface area contributed by atoms with Crippen LogP contribution in [0.1, 0.15) is 40.5 Å². The lowest BCUT2D eigenvalue weighted by Gasteiger charge is -2.37. The van der Waals surface area contributed by atoms with Gasteiger partial charge < -0.3 is 5.11 Å². The van der Waals surface area contributed by atoms with Crippen molar-refractivity contribution in [2.45, 2.75) is 46.1 Å². The number of aliphatic hydroxyl groups is 1. The van der Waals surface area contributed by atoms with Crippen LogP contribution in [-0.2, 0) is 0 Å². The van der Waals surface area contributed by atoms with Crippen molar-refractivity contribution in [3.05, 3.63) is 11.6 Å². The predicted octanol–water partition coefficient (Wildman–Crippen LogP) is 2.75. The normalized spacial score (nSPS) is 36.8. The highest BCUT2D eigenvalue weighted by molar-refractivity contribution is 5.19. The first kappa shape index (κ1) is 9.79. The van der Waals surface area contributed by atoms with Crippen LogP contribution in [0.2, 0.25) is 0 Å². The maximum atomic E-state index is 10.3. The van der Waals surface area contributed by atoms with Crippen molar-refractivity contribution in [2.24, 2.45) is 11.8 Å². The molecule has 0 spiro atoms. The molecule has 0 aliphatic heterocycles. The lowest BCUT2D eigenvalue weighted by atomic mass is 9.74. The zero-order valence-corrected chi connectivity index (χ0v) is 8.59. The standard InChI is InChI=1S/C11H20O/c1-8(2)11(12)6-5-9(3)7-10(11)4/h7-9,12H,5-6H2,1-4H3/t9-,11-/m1/s1. The van der Waals surface area contributed by atoms with Gasteiger partial charge in [0.15, 0.2) is 0 Å². The van der Waals surface area contributed by atoms with E-state index in [2.05, 4.69) is 33.8 Å². The molecule has 0 heterocycles. The minimum absolute atomic E-state index is 0.334. The maximum Gasteiger partial charge on any atom is 0.0877 e. The van der Waals surface area contributed by atoms with Crippen LogP contribution in [0.4, 0.5) is 0 Å².